The summed E-state index contributed by atoms with van der Waals surface area (Å²) >= 11 is 0. The molecule has 0 bridgehead atoms. The van der Waals surface area contributed by atoms with E-state index in [0.29, 0.717) is 19.3 Å². The Morgan fingerprint density at radius 1 is 0.292 bits per heavy atom. The molecule has 0 aliphatic heterocycles. The largest absolute Gasteiger partial charge is 0.462 e. The minimum atomic E-state index is -0.762. The number of esters is 3. The Kier molecular flexibility index (Phi) is 50.5. The molecular formula is C59H114O6. The van der Waals surface area contributed by atoms with Crippen LogP contribution in [0.5, 0.6) is 0 Å². The molecule has 0 heterocycles. The third-order valence-corrected chi connectivity index (χ3v) is 13.5. The Labute approximate surface area is 406 Å². The number of hydrogen-bond acceptors (Lipinski definition) is 6. The zero-order valence-electron chi connectivity index (χ0n) is 44.6. The van der Waals surface area contributed by atoms with Gasteiger partial charge in [0.15, 0.2) is 6.10 Å². The van der Waals surface area contributed by atoms with Crippen LogP contribution < -0.4 is 0 Å². The lowest BCUT2D eigenvalue weighted by Crippen LogP contribution is -2.30. The van der Waals surface area contributed by atoms with Crippen molar-refractivity contribution in [3.05, 3.63) is 0 Å². The van der Waals surface area contributed by atoms with Crippen LogP contribution in [0.3, 0.4) is 0 Å². The molecule has 0 aliphatic carbocycles. The van der Waals surface area contributed by atoms with E-state index in [1.54, 1.807) is 0 Å². The van der Waals surface area contributed by atoms with E-state index >= 15 is 0 Å². The molecule has 1 atom stereocenters. The highest BCUT2D eigenvalue weighted by Crippen LogP contribution is 2.18. The number of unbranched alkanes of at least 4 members (excludes halogenated alkanes) is 38. The van der Waals surface area contributed by atoms with Crippen molar-refractivity contribution < 1.29 is 28.6 Å². The first-order valence-corrected chi connectivity index (χ1v) is 29.2. The molecule has 0 saturated heterocycles. The second kappa shape index (κ2) is 51.8. The van der Waals surface area contributed by atoms with Gasteiger partial charge in [0.1, 0.15) is 13.2 Å². The van der Waals surface area contributed by atoms with Gasteiger partial charge in [0, 0.05) is 19.3 Å². The average Bonchev–Trinajstić information content (AvgIpc) is 3.28. The van der Waals surface area contributed by atoms with Gasteiger partial charge in [0.2, 0.25) is 0 Å². The van der Waals surface area contributed by atoms with Crippen molar-refractivity contribution in [1.82, 2.24) is 0 Å². The van der Waals surface area contributed by atoms with Gasteiger partial charge in [-0.3, -0.25) is 14.4 Å². The fraction of sp³-hybridized carbons (Fsp3) is 0.949. The highest BCUT2D eigenvalue weighted by molar-refractivity contribution is 5.71. The van der Waals surface area contributed by atoms with Crippen LogP contribution in [0.25, 0.3) is 0 Å². The number of hydrogen-bond donors (Lipinski definition) is 0. The van der Waals surface area contributed by atoms with E-state index in [9.17, 15) is 14.4 Å². The van der Waals surface area contributed by atoms with E-state index in [-0.39, 0.29) is 31.1 Å². The van der Waals surface area contributed by atoms with Crippen molar-refractivity contribution in [2.75, 3.05) is 13.2 Å². The van der Waals surface area contributed by atoms with Gasteiger partial charge in [-0.15, -0.1) is 0 Å². The Morgan fingerprint density at radius 2 is 0.508 bits per heavy atom. The van der Waals surface area contributed by atoms with Gasteiger partial charge in [-0.1, -0.05) is 291 Å². The molecule has 0 N–H and O–H groups in total. The summed E-state index contributed by atoms with van der Waals surface area (Å²) in [7, 11) is 0. The van der Waals surface area contributed by atoms with Crippen LogP contribution in [0.4, 0.5) is 0 Å². The molecule has 0 spiro atoms. The number of ether oxygens (including phenoxy) is 3. The van der Waals surface area contributed by atoms with Gasteiger partial charge < -0.3 is 14.2 Å². The van der Waals surface area contributed by atoms with Gasteiger partial charge in [0.25, 0.3) is 0 Å². The van der Waals surface area contributed by atoms with Crippen molar-refractivity contribution in [1.29, 1.82) is 0 Å². The van der Waals surface area contributed by atoms with Crippen LogP contribution in [0.1, 0.15) is 330 Å². The smallest absolute Gasteiger partial charge is 0.306 e. The predicted octanol–water partition coefficient (Wildman–Crippen LogP) is 19.3. The molecule has 0 fully saturated rings. The zero-order chi connectivity index (χ0) is 47.5. The van der Waals surface area contributed by atoms with Crippen molar-refractivity contribution >= 4 is 17.9 Å². The van der Waals surface area contributed by atoms with Gasteiger partial charge >= 0.3 is 17.9 Å². The van der Waals surface area contributed by atoms with Crippen LogP contribution in [-0.2, 0) is 28.6 Å². The molecule has 0 saturated carbocycles. The summed E-state index contributed by atoms with van der Waals surface area (Å²) in [5.74, 6) is 0.853. The van der Waals surface area contributed by atoms with Crippen molar-refractivity contribution in [3.63, 3.8) is 0 Å². The third-order valence-electron chi connectivity index (χ3n) is 13.5. The van der Waals surface area contributed by atoms with Gasteiger partial charge in [-0.25, -0.2) is 0 Å². The second-order valence-electron chi connectivity index (χ2n) is 21.2. The fourth-order valence-corrected chi connectivity index (χ4v) is 9.05. The summed E-state index contributed by atoms with van der Waals surface area (Å²) in [5.41, 5.74) is 0. The monoisotopic (exact) mass is 919 g/mol. The minimum Gasteiger partial charge on any atom is -0.462 e. The minimum absolute atomic E-state index is 0.0626. The lowest BCUT2D eigenvalue weighted by atomic mass is 10.0. The van der Waals surface area contributed by atoms with Crippen LogP contribution in [0.2, 0.25) is 0 Å². The Bertz CT molecular complexity index is 993. The fourth-order valence-electron chi connectivity index (χ4n) is 9.05. The Balaban J connectivity index is 4.21. The zero-order valence-corrected chi connectivity index (χ0v) is 44.6. The molecule has 0 radical (unpaired) electrons. The number of carbonyl (C=O) groups is 3. The summed E-state index contributed by atoms with van der Waals surface area (Å²) in [5, 5.41) is 0. The summed E-state index contributed by atoms with van der Waals surface area (Å²) in [6.45, 7) is 11.4. The summed E-state index contributed by atoms with van der Waals surface area (Å²) in [4.78, 5) is 38.1. The first kappa shape index (κ1) is 63.4. The maximum absolute atomic E-state index is 12.8. The number of carbonyl (C=O) groups excluding carboxylic acids is 3. The molecule has 0 rings (SSSR count). The lowest BCUT2D eigenvalue weighted by Gasteiger charge is -2.18. The normalized spacial score (nSPS) is 12.0. The standard InChI is InChI=1S/C59H114O6/c1-6-7-8-9-10-11-22-31-36-41-46-51-59(62)65-56(53-64-58(61)50-45-40-35-30-26-21-20-24-28-33-38-43-48-55(4)5)52-63-57(60)49-44-39-34-29-25-19-17-15-13-12-14-16-18-23-27-32-37-42-47-54(2)3/h54-56H,6-53H2,1-5H3/t56-/m1/s1. The maximum atomic E-state index is 12.8. The first-order chi connectivity index (χ1) is 31.7. The number of rotatable bonds is 53. The molecule has 6 heteroatoms. The summed E-state index contributed by atoms with van der Waals surface area (Å²) in [6.07, 6.45) is 55.3. The highest BCUT2D eigenvalue weighted by Gasteiger charge is 2.19. The van der Waals surface area contributed by atoms with Crippen molar-refractivity contribution in [3.8, 4) is 0 Å². The van der Waals surface area contributed by atoms with Gasteiger partial charge in [0.05, 0.1) is 0 Å². The maximum Gasteiger partial charge on any atom is 0.306 e. The molecule has 0 aromatic rings. The summed E-state index contributed by atoms with van der Waals surface area (Å²) in [6, 6.07) is 0. The second-order valence-corrected chi connectivity index (χ2v) is 21.2. The van der Waals surface area contributed by atoms with E-state index < -0.39 is 6.10 Å². The molecule has 65 heavy (non-hydrogen) atoms. The lowest BCUT2D eigenvalue weighted by molar-refractivity contribution is -0.167. The molecule has 0 aromatic heterocycles. The molecule has 0 aromatic carbocycles. The van der Waals surface area contributed by atoms with E-state index in [1.807, 2.05) is 0 Å². The van der Waals surface area contributed by atoms with Crippen molar-refractivity contribution in [2.24, 2.45) is 11.8 Å². The molecular weight excluding hydrogens is 805 g/mol. The van der Waals surface area contributed by atoms with E-state index in [1.165, 1.54) is 218 Å². The summed E-state index contributed by atoms with van der Waals surface area (Å²) < 4.78 is 16.9. The van der Waals surface area contributed by atoms with Gasteiger partial charge in [-0.05, 0) is 31.1 Å². The van der Waals surface area contributed by atoms with Crippen LogP contribution in [0, 0.1) is 11.8 Å². The Morgan fingerprint density at radius 3 is 0.754 bits per heavy atom. The third kappa shape index (κ3) is 53.2. The van der Waals surface area contributed by atoms with Crippen LogP contribution in [-0.4, -0.2) is 37.2 Å². The van der Waals surface area contributed by atoms with E-state index in [2.05, 4.69) is 34.6 Å². The molecule has 0 amide bonds. The van der Waals surface area contributed by atoms with Crippen LogP contribution in [0.15, 0.2) is 0 Å². The van der Waals surface area contributed by atoms with E-state index in [0.717, 1.165) is 69.6 Å². The molecule has 0 unspecified atom stereocenters. The van der Waals surface area contributed by atoms with E-state index in [4.69, 9.17) is 14.2 Å². The Hall–Kier alpha value is -1.59. The topological polar surface area (TPSA) is 78.9 Å². The predicted molar refractivity (Wildman–Crippen MR) is 280 cm³/mol. The first-order valence-electron chi connectivity index (χ1n) is 29.2. The van der Waals surface area contributed by atoms with Gasteiger partial charge in [-0.2, -0.15) is 0 Å². The highest BCUT2D eigenvalue weighted by atomic mass is 16.6. The molecule has 6 nitrogen and oxygen atoms in total. The SMILES string of the molecule is CCCCCCCCCCCCCC(=O)O[C@H](COC(=O)CCCCCCCCCCCCCCCCCCCCC(C)C)COC(=O)CCCCCCCCCCCCCCC(C)C. The van der Waals surface area contributed by atoms with Crippen LogP contribution >= 0.6 is 0 Å². The molecule has 0 aliphatic rings. The quantitative estimate of drug-likeness (QED) is 0.0344. The average molecular weight is 920 g/mol. The van der Waals surface area contributed by atoms with Crippen molar-refractivity contribution in [2.45, 2.75) is 336 Å². The molecule has 386 valence electrons.